The second kappa shape index (κ2) is 4.41. The van der Waals surface area contributed by atoms with Crippen molar-refractivity contribution in [2.24, 2.45) is 5.41 Å². The van der Waals surface area contributed by atoms with Gasteiger partial charge in [0.05, 0.1) is 30.8 Å². The van der Waals surface area contributed by atoms with E-state index >= 15 is 0 Å². The molecule has 0 aliphatic heterocycles. The summed E-state index contributed by atoms with van der Waals surface area (Å²) in [7, 11) is 0. The summed E-state index contributed by atoms with van der Waals surface area (Å²) in [5, 5.41) is 0. The van der Waals surface area contributed by atoms with Gasteiger partial charge in [-0.15, -0.1) is 0 Å². The van der Waals surface area contributed by atoms with Crippen LogP contribution in [0.3, 0.4) is 0 Å². The third kappa shape index (κ3) is 2.55. The normalized spacial score (nSPS) is 25.2. The van der Waals surface area contributed by atoms with Crippen molar-refractivity contribution in [3.05, 3.63) is 0 Å². The first kappa shape index (κ1) is 11.7. The standard InChI is InChI=1S/C11H20O3/c1-8(2)13-5-6-14-10-7-9(12)11(10,3)4/h8,10H,5-7H2,1-4H3. The molecule has 1 aliphatic carbocycles. The van der Waals surface area contributed by atoms with Crippen molar-refractivity contribution in [3.63, 3.8) is 0 Å². The fraction of sp³-hybridized carbons (Fsp3) is 0.909. The number of hydrogen-bond acceptors (Lipinski definition) is 3. The van der Waals surface area contributed by atoms with Gasteiger partial charge in [-0.3, -0.25) is 4.79 Å². The molecule has 0 bridgehead atoms. The molecule has 1 atom stereocenters. The molecule has 0 heterocycles. The van der Waals surface area contributed by atoms with Gasteiger partial charge in [0.1, 0.15) is 5.78 Å². The summed E-state index contributed by atoms with van der Waals surface area (Å²) >= 11 is 0. The van der Waals surface area contributed by atoms with Crippen LogP contribution in [0, 0.1) is 5.41 Å². The van der Waals surface area contributed by atoms with Crippen molar-refractivity contribution < 1.29 is 14.3 Å². The zero-order valence-electron chi connectivity index (χ0n) is 9.50. The summed E-state index contributed by atoms with van der Waals surface area (Å²) in [6, 6.07) is 0. The summed E-state index contributed by atoms with van der Waals surface area (Å²) in [4.78, 5) is 11.2. The van der Waals surface area contributed by atoms with Crippen LogP contribution in [0.25, 0.3) is 0 Å². The van der Waals surface area contributed by atoms with E-state index in [0.717, 1.165) is 0 Å². The predicted molar refractivity (Wildman–Crippen MR) is 54.2 cm³/mol. The molecule has 3 nitrogen and oxygen atoms in total. The fourth-order valence-corrected chi connectivity index (χ4v) is 1.48. The zero-order valence-corrected chi connectivity index (χ0v) is 9.50. The van der Waals surface area contributed by atoms with E-state index in [0.29, 0.717) is 25.4 Å². The van der Waals surface area contributed by atoms with Gasteiger partial charge in [0, 0.05) is 6.42 Å². The Morgan fingerprint density at radius 2 is 2.07 bits per heavy atom. The van der Waals surface area contributed by atoms with E-state index in [1.807, 2.05) is 27.7 Å². The maximum atomic E-state index is 11.2. The molecule has 1 rings (SSSR count). The number of rotatable bonds is 5. The summed E-state index contributed by atoms with van der Waals surface area (Å²) < 4.78 is 10.9. The molecule has 0 radical (unpaired) electrons. The molecule has 0 amide bonds. The van der Waals surface area contributed by atoms with Gasteiger partial charge in [-0.25, -0.2) is 0 Å². The molecule has 82 valence electrons. The van der Waals surface area contributed by atoms with Crippen molar-refractivity contribution in [1.82, 2.24) is 0 Å². The smallest absolute Gasteiger partial charge is 0.143 e. The first-order valence-electron chi connectivity index (χ1n) is 5.21. The Hall–Kier alpha value is -0.410. The van der Waals surface area contributed by atoms with Gasteiger partial charge in [0.25, 0.3) is 0 Å². The molecule has 0 aromatic heterocycles. The van der Waals surface area contributed by atoms with Gasteiger partial charge >= 0.3 is 0 Å². The van der Waals surface area contributed by atoms with Gasteiger partial charge in [0.15, 0.2) is 0 Å². The SMILES string of the molecule is CC(C)OCCOC1CC(=O)C1(C)C. The number of hydrogen-bond donors (Lipinski definition) is 0. The highest BCUT2D eigenvalue weighted by atomic mass is 16.5. The van der Waals surface area contributed by atoms with Crippen LogP contribution in [0.5, 0.6) is 0 Å². The Morgan fingerprint density at radius 3 is 2.50 bits per heavy atom. The summed E-state index contributed by atoms with van der Waals surface area (Å²) in [6.07, 6.45) is 0.898. The molecule has 14 heavy (non-hydrogen) atoms. The van der Waals surface area contributed by atoms with Crippen LogP contribution < -0.4 is 0 Å². The van der Waals surface area contributed by atoms with Crippen LogP contribution in [-0.4, -0.2) is 31.2 Å². The molecular formula is C11H20O3. The van der Waals surface area contributed by atoms with E-state index < -0.39 is 0 Å². The molecule has 0 N–H and O–H groups in total. The third-order valence-corrected chi connectivity index (χ3v) is 2.75. The van der Waals surface area contributed by atoms with E-state index in [-0.39, 0.29) is 17.6 Å². The van der Waals surface area contributed by atoms with Crippen LogP contribution in [0.2, 0.25) is 0 Å². The van der Waals surface area contributed by atoms with E-state index in [2.05, 4.69) is 0 Å². The minimum Gasteiger partial charge on any atom is -0.376 e. The fourth-order valence-electron chi connectivity index (χ4n) is 1.48. The molecule has 1 unspecified atom stereocenters. The predicted octanol–water partition coefficient (Wildman–Crippen LogP) is 1.80. The van der Waals surface area contributed by atoms with Crippen molar-refractivity contribution in [2.75, 3.05) is 13.2 Å². The maximum absolute atomic E-state index is 11.2. The van der Waals surface area contributed by atoms with E-state index in [1.165, 1.54) is 0 Å². The van der Waals surface area contributed by atoms with E-state index in [9.17, 15) is 4.79 Å². The number of carbonyl (C=O) groups is 1. The van der Waals surface area contributed by atoms with Gasteiger partial charge < -0.3 is 9.47 Å². The van der Waals surface area contributed by atoms with Crippen LogP contribution in [0.4, 0.5) is 0 Å². The summed E-state index contributed by atoms with van der Waals surface area (Å²) in [6.45, 7) is 9.06. The molecule has 0 aromatic carbocycles. The van der Waals surface area contributed by atoms with Gasteiger partial charge in [-0.05, 0) is 13.8 Å². The highest BCUT2D eigenvalue weighted by Gasteiger charge is 2.47. The number of ether oxygens (including phenoxy) is 2. The van der Waals surface area contributed by atoms with Crippen molar-refractivity contribution >= 4 is 5.78 Å². The van der Waals surface area contributed by atoms with E-state index in [1.54, 1.807) is 0 Å². The molecule has 0 saturated heterocycles. The Kier molecular flexibility index (Phi) is 3.67. The number of carbonyl (C=O) groups excluding carboxylic acids is 1. The molecule has 1 aliphatic rings. The molecule has 3 heteroatoms. The molecular weight excluding hydrogens is 180 g/mol. The average Bonchev–Trinajstić information content (AvgIpc) is 2.10. The average molecular weight is 200 g/mol. The van der Waals surface area contributed by atoms with Gasteiger partial charge in [0.2, 0.25) is 0 Å². The van der Waals surface area contributed by atoms with Crippen molar-refractivity contribution in [1.29, 1.82) is 0 Å². The van der Waals surface area contributed by atoms with Crippen LogP contribution >= 0.6 is 0 Å². The first-order valence-corrected chi connectivity index (χ1v) is 5.21. The highest BCUT2D eigenvalue weighted by molar-refractivity contribution is 5.91. The van der Waals surface area contributed by atoms with Gasteiger partial charge in [-0.2, -0.15) is 0 Å². The lowest BCUT2D eigenvalue weighted by molar-refractivity contribution is -0.160. The molecule has 1 fully saturated rings. The van der Waals surface area contributed by atoms with Crippen LogP contribution in [0.1, 0.15) is 34.1 Å². The monoisotopic (exact) mass is 200 g/mol. The second-order valence-electron chi connectivity index (χ2n) is 4.63. The Balaban J connectivity index is 2.12. The van der Waals surface area contributed by atoms with E-state index in [4.69, 9.17) is 9.47 Å². The maximum Gasteiger partial charge on any atom is 0.143 e. The number of Topliss-reactive ketones (excluding diaryl/α,β-unsaturated/α-hetero) is 1. The van der Waals surface area contributed by atoms with Crippen LogP contribution in [0.15, 0.2) is 0 Å². The zero-order chi connectivity index (χ0) is 10.8. The molecule has 0 aromatic rings. The van der Waals surface area contributed by atoms with Crippen molar-refractivity contribution in [3.8, 4) is 0 Å². The lowest BCUT2D eigenvalue weighted by Gasteiger charge is -2.41. The lowest BCUT2D eigenvalue weighted by atomic mass is 9.68. The van der Waals surface area contributed by atoms with Crippen LogP contribution in [-0.2, 0) is 14.3 Å². The topological polar surface area (TPSA) is 35.5 Å². The first-order chi connectivity index (χ1) is 6.44. The molecule has 0 spiro atoms. The summed E-state index contributed by atoms with van der Waals surface area (Å²) in [5.74, 6) is 0.298. The quantitative estimate of drug-likeness (QED) is 0.635. The minimum absolute atomic E-state index is 0.0887. The minimum atomic E-state index is -0.280. The Bertz CT molecular complexity index is 209. The second-order valence-corrected chi connectivity index (χ2v) is 4.63. The summed E-state index contributed by atoms with van der Waals surface area (Å²) in [5.41, 5.74) is -0.280. The largest absolute Gasteiger partial charge is 0.376 e. The number of ketones is 1. The lowest BCUT2D eigenvalue weighted by Crippen LogP contribution is -2.51. The Morgan fingerprint density at radius 1 is 1.43 bits per heavy atom. The highest BCUT2D eigenvalue weighted by Crippen LogP contribution is 2.38. The van der Waals surface area contributed by atoms with Gasteiger partial charge in [-0.1, -0.05) is 13.8 Å². The molecule has 1 saturated carbocycles. The van der Waals surface area contributed by atoms with Crippen molar-refractivity contribution in [2.45, 2.75) is 46.3 Å². The third-order valence-electron chi connectivity index (χ3n) is 2.75. The Labute approximate surface area is 85.8 Å².